The Morgan fingerprint density at radius 1 is 0.448 bits per heavy atom. The van der Waals surface area contributed by atoms with Crippen molar-refractivity contribution in [3.8, 4) is 33.6 Å². The van der Waals surface area contributed by atoms with Crippen LogP contribution in [0.4, 0.5) is 11.6 Å². The van der Waals surface area contributed by atoms with Gasteiger partial charge in [-0.25, -0.2) is 28.9 Å². The molecule has 2 aliphatic carbocycles. The van der Waals surface area contributed by atoms with Crippen LogP contribution in [0.2, 0.25) is 116 Å². The summed E-state index contributed by atoms with van der Waals surface area (Å²) in [4.78, 5) is 42.3. The van der Waals surface area contributed by atoms with Gasteiger partial charge >= 0.3 is 132 Å². The van der Waals surface area contributed by atoms with Crippen LogP contribution in [0.15, 0.2) is 119 Å². The summed E-state index contributed by atoms with van der Waals surface area (Å²) in [7, 11) is 1.03. The Hall–Kier alpha value is -6.53. The Bertz CT molecular complexity index is 4740. The molecule has 34 heteroatoms. The van der Waals surface area contributed by atoms with Gasteiger partial charge in [-0.2, -0.15) is 29.4 Å². The first-order valence-corrected chi connectivity index (χ1v) is 71.9. The van der Waals surface area contributed by atoms with Crippen LogP contribution < -0.4 is 9.80 Å². The van der Waals surface area contributed by atoms with Crippen molar-refractivity contribution in [1.82, 2.24) is 48.8 Å². The van der Waals surface area contributed by atoms with Gasteiger partial charge in [-0.1, -0.05) is 122 Å². The molecular formula is C100H163BrN12O16Si4Sn. The van der Waals surface area contributed by atoms with E-state index in [1.807, 2.05) is 123 Å². The number of rotatable bonds is 59. The molecule has 746 valence electrons. The van der Waals surface area contributed by atoms with Gasteiger partial charge in [0.1, 0.15) is 51.7 Å². The van der Waals surface area contributed by atoms with Gasteiger partial charge in [-0.3, -0.25) is 0 Å². The van der Waals surface area contributed by atoms with E-state index in [0.717, 1.165) is 97.5 Å². The predicted molar refractivity (Wildman–Crippen MR) is 555 cm³/mol. The average molecular weight is 2100 g/mol. The van der Waals surface area contributed by atoms with Gasteiger partial charge < -0.3 is 71.4 Å². The maximum Gasteiger partial charge on any atom is 0.338 e. The summed E-state index contributed by atoms with van der Waals surface area (Å²) in [6.07, 6.45) is 23.8. The number of fused-ring (bicyclic) bond motifs is 2. The van der Waals surface area contributed by atoms with Gasteiger partial charge in [-0.05, 0) is 123 Å². The topological polar surface area (TPSA) is 266 Å². The van der Waals surface area contributed by atoms with Gasteiger partial charge in [-0.15, -0.1) is 0 Å². The molecular weight excluding hydrogens is 1940 g/mol. The van der Waals surface area contributed by atoms with Crippen LogP contribution in [0.3, 0.4) is 0 Å². The second-order valence-corrected chi connectivity index (χ2v) is 76.6. The van der Waals surface area contributed by atoms with Gasteiger partial charge in [0.15, 0.2) is 28.3 Å². The smallest absolute Gasteiger partial charge is 0.338 e. The fourth-order valence-electron chi connectivity index (χ4n) is 16.5. The minimum Gasteiger partial charge on any atom is -0.461 e. The van der Waals surface area contributed by atoms with E-state index in [1.165, 1.54) is 55.6 Å². The molecule has 2 saturated carbocycles. The molecule has 0 unspecified atom stereocenters. The number of halogens is 1. The number of unbranched alkanes of at least 4 members (excludes halogenated alkanes) is 3. The predicted octanol–water partition coefficient (Wildman–Crippen LogP) is 22.2. The maximum atomic E-state index is 13.7. The number of aromatic nitrogens is 10. The first-order valence-electron chi connectivity index (χ1n) is 48.8. The molecule has 2 aromatic carbocycles. The normalized spacial score (nSPS) is 16.7. The van der Waals surface area contributed by atoms with Crippen LogP contribution in [0.25, 0.3) is 50.7 Å². The van der Waals surface area contributed by atoms with Crippen LogP contribution in [0.5, 0.6) is 0 Å². The summed E-state index contributed by atoms with van der Waals surface area (Å²) in [5, 5.41) is 19.4. The van der Waals surface area contributed by atoms with Crippen molar-refractivity contribution >= 4 is 107 Å². The Balaban J connectivity index is 0.000000279. The molecule has 0 atom stereocenters. The summed E-state index contributed by atoms with van der Waals surface area (Å²) in [6.45, 7) is 55.2. The van der Waals surface area contributed by atoms with Gasteiger partial charge in [0.2, 0.25) is 0 Å². The van der Waals surface area contributed by atoms with E-state index in [-0.39, 0.29) is 57.1 Å². The van der Waals surface area contributed by atoms with Gasteiger partial charge in [0, 0.05) is 134 Å². The van der Waals surface area contributed by atoms with Gasteiger partial charge in [0.05, 0.1) is 104 Å². The zero-order valence-corrected chi connectivity index (χ0v) is 93.6. The van der Waals surface area contributed by atoms with Crippen LogP contribution in [-0.4, -0.2) is 270 Å². The Kier molecular flexibility index (Phi) is 47.2. The van der Waals surface area contributed by atoms with Crippen LogP contribution in [0, 0.1) is 0 Å². The molecule has 134 heavy (non-hydrogen) atoms. The number of anilines is 2. The summed E-state index contributed by atoms with van der Waals surface area (Å²) < 4.78 is 96.7. The third-order valence-electron chi connectivity index (χ3n) is 24.7. The number of hydrogen-bond acceptors (Lipinski definition) is 24. The van der Waals surface area contributed by atoms with Crippen molar-refractivity contribution in [3.05, 3.63) is 136 Å². The molecule has 8 aromatic rings. The molecule has 0 N–H and O–H groups in total. The molecule has 0 spiro atoms. The Labute approximate surface area is 817 Å². The van der Waals surface area contributed by atoms with E-state index in [2.05, 4.69) is 150 Å². The van der Waals surface area contributed by atoms with E-state index in [0.29, 0.717) is 148 Å². The largest absolute Gasteiger partial charge is 0.461 e. The number of nitrogens with zero attached hydrogens (tertiary/aromatic N) is 12. The van der Waals surface area contributed by atoms with E-state index in [4.69, 9.17) is 91.6 Å². The molecule has 0 saturated heterocycles. The number of ether oxygens (including phenoxy) is 14. The summed E-state index contributed by atoms with van der Waals surface area (Å²) in [5.41, 5.74) is 6.94. The molecule has 2 aliphatic rings. The molecule has 6 aromatic heterocycles. The second-order valence-electron chi connectivity index (χ2n) is 40.2. The number of methoxy groups -OCH3 is 4. The third kappa shape index (κ3) is 34.2. The zero-order chi connectivity index (χ0) is 97.5. The molecule has 2 fully saturated rings. The SMILES string of the molecule is C=C(OCC)c1c(C2CCC(OCCOC)(C(=O)OCCOC)CC2)nc2c(-c3cnn(-c4ccccc4)c3)cnn2c1N(COCC[Si](C)(C)C)COCC[Si](C)(C)C.C=[C](OCC)[Sn]([CH2]CCC)([CH2]CCC)[CH2]CCC.COCCOC(=O)C1(OCCOC)CCC(c2nc3c(-c4cnn(-c5ccccc5)c4)cnn3c(N(COCC[Si](C)(C)C)COCC[Si](C)(C)C)c2Br)CC1. The summed E-state index contributed by atoms with van der Waals surface area (Å²) in [6, 6.07) is 24.2. The molecule has 0 radical (unpaired) electrons. The van der Waals surface area contributed by atoms with Crippen molar-refractivity contribution in [2.45, 2.75) is 264 Å². The molecule has 10 rings (SSSR count). The van der Waals surface area contributed by atoms with Crippen molar-refractivity contribution < 1.29 is 75.9 Å². The molecule has 0 aliphatic heterocycles. The minimum atomic E-state index is -2.24. The average Bonchev–Trinajstić information content (AvgIpc) is 1.51. The fourth-order valence-corrected chi connectivity index (χ4v) is 35.0. The number of esters is 2. The van der Waals surface area contributed by atoms with Crippen molar-refractivity contribution in [1.29, 1.82) is 0 Å². The van der Waals surface area contributed by atoms with E-state index < -0.39 is 61.9 Å². The van der Waals surface area contributed by atoms with Crippen molar-refractivity contribution in [3.63, 3.8) is 0 Å². The number of carbonyl (C=O) groups is 2. The Morgan fingerprint density at radius 2 is 0.799 bits per heavy atom. The maximum absolute atomic E-state index is 13.7. The number of para-hydroxylation sites is 2. The molecule has 0 amide bonds. The standard InChI is InChI=1S/C44H68N6O8Si2.C40H61BrN6O7Si2.C4H7O.3C4H9.Sn/c1-11-56-34(2)39-40(35-17-19-44(20-18-35,58-24-22-53-4)43(51)57-23-21-52-3)47-41-38(36-29-45-49(31-36)37-15-13-12-14-16-37)30-46-50(41)42(39)48(32-54-25-27-59(5,6)7)33-55-26-28-60(8,9)10;1-49-18-20-53-39(48)40(54-21-19-50-2)16-14-31(15-17-40)36-35(41)38(45(29-51-22-24-55(3,4)5)30-52-23-25-56(6,7)8)47-37(44-36)34(27-43-47)32-26-42-46(28-32)33-12-10-9-11-13-33;1-3-5-4-2;3*1-3-4-2;/h12-16,29-31,35H,2,11,17-28,32-33H2,1,3-10H3;9-13,26-28,31H,14-25,29-30H2,1-8H3;1,4H2,2H3;3*1,3-4H2,2H3;. The quantitative estimate of drug-likeness (QED) is 0.0113. The first-order chi connectivity index (χ1) is 64.1. The van der Waals surface area contributed by atoms with E-state index >= 15 is 0 Å². The Morgan fingerprint density at radius 3 is 1.16 bits per heavy atom. The van der Waals surface area contributed by atoms with Crippen LogP contribution in [0.1, 0.15) is 153 Å². The minimum absolute atomic E-state index is 0.0105. The second kappa shape index (κ2) is 56.0. The van der Waals surface area contributed by atoms with E-state index in [1.54, 1.807) is 28.4 Å². The first kappa shape index (κ1) is 113. The van der Waals surface area contributed by atoms with Crippen LogP contribution in [-0.2, 0) is 75.9 Å². The number of carbonyl (C=O) groups excluding carboxylic acids is 2. The molecule has 28 nitrogen and oxygen atoms in total. The van der Waals surface area contributed by atoms with Crippen molar-refractivity contribution in [2.75, 3.05) is 158 Å². The molecule has 6 heterocycles. The number of benzene rings is 2. The van der Waals surface area contributed by atoms with Crippen molar-refractivity contribution in [2.24, 2.45) is 0 Å². The zero-order valence-electron chi connectivity index (χ0n) is 85.2. The number of hydrogen-bond donors (Lipinski definition) is 0. The van der Waals surface area contributed by atoms with Gasteiger partial charge in [0.25, 0.3) is 0 Å². The molecule has 0 bridgehead atoms. The third-order valence-corrected chi connectivity index (χ3v) is 47.2. The van der Waals surface area contributed by atoms with Crippen LogP contribution >= 0.6 is 15.9 Å². The summed E-state index contributed by atoms with van der Waals surface area (Å²) >= 11 is 1.80. The van der Waals surface area contributed by atoms with E-state index in [9.17, 15) is 9.59 Å². The monoisotopic (exact) mass is 2100 g/mol. The summed E-state index contributed by atoms with van der Waals surface area (Å²) in [5.74, 6) is 1.18. The fraction of sp³-hybridized carbons (Fsp3) is 0.640.